The summed E-state index contributed by atoms with van der Waals surface area (Å²) >= 11 is 0. The van der Waals surface area contributed by atoms with Gasteiger partial charge in [0.15, 0.2) is 0 Å². The molecule has 5 rings (SSSR count). The number of pyridine rings is 1. The Labute approximate surface area is 139 Å². The van der Waals surface area contributed by atoms with Crippen LogP contribution in [0.3, 0.4) is 0 Å². The smallest absolute Gasteiger partial charge is 0.245 e. The maximum Gasteiger partial charge on any atom is 0.245 e. The third-order valence-electron chi connectivity index (χ3n) is 5.17. The van der Waals surface area contributed by atoms with Crippen molar-refractivity contribution in [2.24, 2.45) is 0 Å². The van der Waals surface area contributed by atoms with E-state index in [1.165, 1.54) is 12.8 Å². The van der Waals surface area contributed by atoms with Crippen LogP contribution < -0.4 is 0 Å². The number of carbonyl (C=O) groups is 1. The number of carbonyl (C=O) groups excluding carboxylic acids is 1. The zero-order valence-electron chi connectivity index (χ0n) is 13.8. The molecule has 0 saturated heterocycles. The number of likely N-dealkylation sites (N-methyl/N-ethyl adjacent to an activating group) is 1. The van der Waals surface area contributed by atoms with Crippen LogP contribution in [0, 0.1) is 0 Å². The van der Waals surface area contributed by atoms with Gasteiger partial charge >= 0.3 is 0 Å². The molecular formula is C18H19N5O. The van der Waals surface area contributed by atoms with Crippen LogP contribution in [0.4, 0.5) is 0 Å². The van der Waals surface area contributed by atoms with Crippen molar-refractivity contribution in [1.82, 2.24) is 23.8 Å². The van der Waals surface area contributed by atoms with E-state index < -0.39 is 0 Å². The zero-order valence-corrected chi connectivity index (χ0v) is 13.8. The number of aromatic nitrogens is 4. The lowest BCUT2D eigenvalue weighted by Crippen LogP contribution is -2.39. The maximum atomic E-state index is 12.4. The Morgan fingerprint density at radius 1 is 1.25 bits per heavy atom. The molecule has 0 spiro atoms. The van der Waals surface area contributed by atoms with Crippen molar-refractivity contribution in [3.8, 4) is 11.3 Å². The van der Waals surface area contributed by atoms with Crippen LogP contribution in [0.5, 0.6) is 0 Å². The maximum absolute atomic E-state index is 12.4. The van der Waals surface area contributed by atoms with Crippen molar-refractivity contribution in [2.45, 2.75) is 38.3 Å². The van der Waals surface area contributed by atoms with Gasteiger partial charge in [-0.2, -0.15) is 0 Å². The first-order valence-corrected chi connectivity index (χ1v) is 8.41. The first-order chi connectivity index (χ1) is 11.6. The van der Waals surface area contributed by atoms with Gasteiger partial charge in [-0.05, 0) is 31.9 Å². The molecule has 4 heterocycles. The van der Waals surface area contributed by atoms with Gasteiger partial charge in [0.25, 0.3) is 0 Å². The summed E-state index contributed by atoms with van der Waals surface area (Å²) in [5.41, 5.74) is 4.28. The molecule has 0 aromatic carbocycles. The highest BCUT2D eigenvalue weighted by Gasteiger charge is 2.38. The van der Waals surface area contributed by atoms with Crippen molar-refractivity contribution in [3.63, 3.8) is 0 Å². The number of rotatable bonds is 2. The van der Waals surface area contributed by atoms with E-state index in [4.69, 9.17) is 4.98 Å². The molecule has 3 aromatic heterocycles. The summed E-state index contributed by atoms with van der Waals surface area (Å²) < 4.78 is 4.20. The molecule has 122 valence electrons. The second-order valence-electron chi connectivity index (χ2n) is 6.92. The molecule has 1 aliphatic carbocycles. The van der Waals surface area contributed by atoms with E-state index in [1.807, 2.05) is 24.6 Å². The van der Waals surface area contributed by atoms with E-state index in [9.17, 15) is 4.79 Å². The van der Waals surface area contributed by atoms with E-state index in [2.05, 4.69) is 27.9 Å². The minimum atomic E-state index is -0.174. The van der Waals surface area contributed by atoms with Crippen LogP contribution in [0.1, 0.15) is 43.2 Å². The normalized spacial score (nSPS) is 20.7. The SMILES string of the molecule is C[C@@H]1C(=O)N(C)Cc2c(-c3ccc4cncn4c3)nc(C3CC3)n21. The Balaban J connectivity index is 1.73. The minimum Gasteiger partial charge on any atom is -0.338 e. The fourth-order valence-electron chi connectivity index (χ4n) is 3.72. The average Bonchev–Trinajstić information content (AvgIpc) is 3.19. The summed E-state index contributed by atoms with van der Waals surface area (Å²) in [6.07, 6.45) is 8.07. The molecule has 1 saturated carbocycles. The second-order valence-corrected chi connectivity index (χ2v) is 6.92. The number of amides is 1. The van der Waals surface area contributed by atoms with Crippen LogP contribution in [0.2, 0.25) is 0 Å². The fraction of sp³-hybridized carbons (Fsp3) is 0.389. The van der Waals surface area contributed by atoms with Gasteiger partial charge in [-0.3, -0.25) is 4.79 Å². The second kappa shape index (κ2) is 4.69. The van der Waals surface area contributed by atoms with Gasteiger partial charge in [0, 0.05) is 24.7 Å². The third-order valence-corrected chi connectivity index (χ3v) is 5.17. The molecule has 2 aliphatic rings. The summed E-state index contributed by atoms with van der Waals surface area (Å²) in [7, 11) is 1.87. The predicted molar refractivity (Wildman–Crippen MR) is 89.6 cm³/mol. The summed E-state index contributed by atoms with van der Waals surface area (Å²) in [6.45, 7) is 2.60. The van der Waals surface area contributed by atoms with Gasteiger partial charge in [0.1, 0.15) is 11.9 Å². The zero-order chi connectivity index (χ0) is 16.4. The van der Waals surface area contributed by atoms with E-state index in [1.54, 1.807) is 11.2 Å². The molecule has 6 nitrogen and oxygen atoms in total. The van der Waals surface area contributed by atoms with Gasteiger partial charge in [-0.1, -0.05) is 0 Å². The number of imidazole rings is 2. The van der Waals surface area contributed by atoms with Crippen LogP contribution in [-0.2, 0) is 11.3 Å². The molecule has 1 amide bonds. The Hall–Kier alpha value is -2.63. The Kier molecular flexibility index (Phi) is 2.69. The standard InChI is InChI=1S/C18H19N5O/c1-11-18(24)21(2)9-15-16(20-17(23(11)15)12-3-4-12)13-5-6-14-7-19-10-22(14)8-13/h5-8,10-12H,3-4,9H2,1-2H3/t11-/m1/s1. The van der Waals surface area contributed by atoms with Crippen molar-refractivity contribution in [2.75, 3.05) is 7.05 Å². The first-order valence-electron chi connectivity index (χ1n) is 8.41. The highest BCUT2D eigenvalue weighted by atomic mass is 16.2. The average molecular weight is 321 g/mol. The van der Waals surface area contributed by atoms with Gasteiger partial charge in [0.2, 0.25) is 5.91 Å². The molecule has 0 bridgehead atoms. The predicted octanol–water partition coefficient (Wildman–Crippen LogP) is 2.61. The van der Waals surface area contributed by atoms with Crippen molar-refractivity contribution in [3.05, 3.63) is 42.4 Å². The minimum absolute atomic E-state index is 0.165. The van der Waals surface area contributed by atoms with Gasteiger partial charge in [-0.25, -0.2) is 9.97 Å². The molecule has 1 atom stereocenters. The Morgan fingerprint density at radius 2 is 2.08 bits per heavy atom. The lowest BCUT2D eigenvalue weighted by atomic mass is 10.1. The summed E-state index contributed by atoms with van der Waals surface area (Å²) in [4.78, 5) is 23.4. The number of hydrogen-bond donors (Lipinski definition) is 0. The summed E-state index contributed by atoms with van der Waals surface area (Å²) in [5, 5.41) is 0. The van der Waals surface area contributed by atoms with E-state index in [0.717, 1.165) is 28.3 Å². The number of nitrogens with zero attached hydrogens (tertiary/aromatic N) is 5. The number of hydrogen-bond acceptors (Lipinski definition) is 3. The number of fused-ring (bicyclic) bond motifs is 2. The van der Waals surface area contributed by atoms with Crippen LogP contribution in [0.25, 0.3) is 16.8 Å². The Morgan fingerprint density at radius 3 is 2.88 bits per heavy atom. The van der Waals surface area contributed by atoms with Gasteiger partial charge < -0.3 is 13.9 Å². The fourth-order valence-corrected chi connectivity index (χ4v) is 3.72. The monoisotopic (exact) mass is 321 g/mol. The molecule has 6 heteroatoms. The van der Waals surface area contributed by atoms with Crippen molar-refractivity contribution < 1.29 is 4.79 Å². The molecular weight excluding hydrogens is 302 g/mol. The van der Waals surface area contributed by atoms with E-state index in [-0.39, 0.29) is 11.9 Å². The molecule has 0 radical (unpaired) electrons. The lowest BCUT2D eigenvalue weighted by molar-refractivity contribution is -0.135. The largest absolute Gasteiger partial charge is 0.338 e. The van der Waals surface area contributed by atoms with E-state index >= 15 is 0 Å². The molecule has 3 aromatic rings. The van der Waals surface area contributed by atoms with E-state index in [0.29, 0.717) is 12.5 Å². The quantitative estimate of drug-likeness (QED) is 0.729. The highest BCUT2D eigenvalue weighted by Crippen LogP contribution is 2.44. The summed E-state index contributed by atoms with van der Waals surface area (Å²) in [5.74, 6) is 1.76. The van der Waals surface area contributed by atoms with Crippen molar-refractivity contribution >= 4 is 11.4 Å². The summed E-state index contributed by atoms with van der Waals surface area (Å²) in [6, 6.07) is 3.98. The van der Waals surface area contributed by atoms with Crippen LogP contribution >= 0.6 is 0 Å². The molecule has 1 fully saturated rings. The molecule has 0 N–H and O–H groups in total. The lowest BCUT2D eigenvalue weighted by Gasteiger charge is -2.31. The molecule has 24 heavy (non-hydrogen) atoms. The van der Waals surface area contributed by atoms with Gasteiger partial charge in [0.05, 0.1) is 36.0 Å². The Bertz CT molecular complexity index is 965. The first kappa shape index (κ1) is 13.8. The van der Waals surface area contributed by atoms with Crippen LogP contribution in [0.15, 0.2) is 30.9 Å². The molecule has 1 aliphatic heterocycles. The van der Waals surface area contributed by atoms with Gasteiger partial charge in [-0.15, -0.1) is 0 Å². The van der Waals surface area contributed by atoms with Crippen LogP contribution in [-0.4, -0.2) is 36.8 Å². The molecule has 0 unspecified atom stereocenters. The third kappa shape index (κ3) is 1.85. The topological polar surface area (TPSA) is 55.4 Å². The highest BCUT2D eigenvalue weighted by molar-refractivity contribution is 5.82. The van der Waals surface area contributed by atoms with Crippen molar-refractivity contribution in [1.29, 1.82) is 0 Å².